The lowest BCUT2D eigenvalue weighted by Gasteiger charge is -2.25. The van der Waals surface area contributed by atoms with Crippen LogP contribution in [0, 0.1) is 0 Å². The van der Waals surface area contributed by atoms with Crippen molar-refractivity contribution < 1.29 is 4.74 Å². The van der Waals surface area contributed by atoms with Gasteiger partial charge in [0.2, 0.25) is 0 Å². The minimum atomic E-state index is 0.274. The second-order valence-corrected chi connectivity index (χ2v) is 7.57. The van der Waals surface area contributed by atoms with E-state index in [2.05, 4.69) is 57.0 Å². The molecule has 1 aromatic carbocycles. The average Bonchev–Trinajstić information content (AvgIpc) is 3.44. The Morgan fingerprint density at radius 3 is 2.90 bits per heavy atom. The molecule has 1 atom stereocenters. The smallest absolute Gasteiger partial charge is 0.191 e. The van der Waals surface area contributed by atoms with E-state index in [1.54, 1.807) is 13.3 Å². The van der Waals surface area contributed by atoms with Gasteiger partial charge in [-0.25, -0.2) is 14.3 Å². The minimum Gasteiger partial charge on any atom is -0.377 e. The van der Waals surface area contributed by atoms with E-state index in [9.17, 15) is 0 Å². The molecule has 3 aromatic rings. The van der Waals surface area contributed by atoms with E-state index in [1.165, 1.54) is 5.56 Å². The summed E-state index contributed by atoms with van der Waals surface area (Å²) >= 11 is 0. The quantitative estimate of drug-likeness (QED) is 0.424. The van der Waals surface area contributed by atoms with Gasteiger partial charge in [0, 0.05) is 45.1 Å². The molecular formula is C22H30N8O. The van der Waals surface area contributed by atoms with Gasteiger partial charge >= 0.3 is 0 Å². The number of ether oxygens (including phenoxy) is 1. The first-order chi connectivity index (χ1) is 15.2. The number of benzene rings is 1. The third kappa shape index (κ3) is 5.49. The van der Waals surface area contributed by atoms with Crippen LogP contribution in [0.25, 0.3) is 5.69 Å². The van der Waals surface area contributed by atoms with E-state index in [0.29, 0.717) is 6.61 Å². The highest BCUT2D eigenvalue weighted by Crippen LogP contribution is 2.14. The molecule has 4 rings (SSSR count). The molecule has 2 N–H and O–H groups in total. The molecule has 3 heterocycles. The zero-order valence-electron chi connectivity index (χ0n) is 18.2. The fourth-order valence-corrected chi connectivity index (χ4v) is 3.72. The lowest BCUT2D eigenvalue weighted by atomic mass is 10.1. The maximum atomic E-state index is 5.15. The topological polar surface area (TPSA) is 94.2 Å². The van der Waals surface area contributed by atoms with Gasteiger partial charge in [0.1, 0.15) is 12.4 Å². The molecule has 0 fully saturated rings. The molecule has 0 saturated heterocycles. The lowest BCUT2D eigenvalue weighted by molar-refractivity contribution is 0.177. The number of hydrogen-bond acceptors (Lipinski definition) is 5. The molecule has 9 nitrogen and oxygen atoms in total. The van der Waals surface area contributed by atoms with Crippen molar-refractivity contribution in [1.82, 2.24) is 35.2 Å². The van der Waals surface area contributed by atoms with Crippen LogP contribution in [0.15, 0.2) is 47.7 Å². The fourth-order valence-electron chi connectivity index (χ4n) is 3.72. The summed E-state index contributed by atoms with van der Waals surface area (Å²) in [5.74, 6) is 2.63. The van der Waals surface area contributed by atoms with Crippen molar-refractivity contribution in [3.05, 3.63) is 59.9 Å². The van der Waals surface area contributed by atoms with Gasteiger partial charge in [-0.05, 0) is 43.5 Å². The minimum absolute atomic E-state index is 0.274. The summed E-state index contributed by atoms with van der Waals surface area (Å²) in [6.07, 6.45) is 6.51. The van der Waals surface area contributed by atoms with E-state index < -0.39 is 0 Å². The number of nitrogens with one attached hydrogen (secondary N) is 2. The number of aryl methyl sites for hydroxylation is 1. The Balaban J connectivity index is 1.32. The molecule has 9 heteroatoms. The largest absolute Gasteiger partial charge is 0.377 e. The Hall–Kier alpha value is -3.20. The number of aliphatic imine (C=N–C) groups is 1. The average molecular weight is 423 g/mol. The molecule has 2 aromatic heterocycles. The number of hydrogen-bond donors (Lipinski definition) is 2. The molecule has 0 bridgehead atoms. The molecule has 1 aliphatic heterocycles. The van der Waals surface area contributed by atoms with Crippen LogP contribution >= 0.6 is 0 Å². The molecule has 0 radical (unpaired) electrons. The van der Waals surface area contributed by atoms with E-state index in [1.807, 2.05) is 21.6 Å². The van der Waals surface area contributed by atoms with E-state index in [4.69, 9.17) is 9.73 Å². The molecule has 164 valence electrons. The third-order valence-corrected chi connectivity index (χ3v) is 5.24. The Morgan fingerprint density at radius 1 is 1.29 bits per heavy atom. The zero-order chi connectivity index (χ0) is 21.5. The van der Waals surface area contributed by atoms with Crippen LogP contribution in [-0.4, -0.2) is 56.7 Å². The normalized spacial score (nSPS) is 16.2. The second kappa shape index (κ2) is 10.2. The number of methoxy groups -OCH3 is 1. The molecular weight excluding hydrogens is 392 g/mol. The summed E-state index contributed by atoms with van der Waals surface area (Å²) in [6, 6.07) is 10.6. The highest BCUT2D eigenvalue weighted by atomic mass is 16.5. The van der Waals surface area contributed by atoms with Gasteiger partial charge in [0.25, 0.3) is 0 Å². The molecule has 0 amide bonds. The van der Waals surface area contributed by atoms with Gasteiger partial charge in [0.05, 0.1) is 12.2 Å². The van der Waals surface area contributed by atoms with Gasteiger partial charge in [-0.1, -0.05) is 12.1 Å². The standard InChI is InChI=1S/C22H30N8O/c1-3-23-22(26-18-7-10-21-27-20(16-31-2)28-30(21)15-18)24-13-11-17-5-8-19(9-6-17)29-14-4-12-25-29/h4-6,8-9,12,14,18H,3,7,10-11,13,15-16H2,1-2H3,(H2,23,24,26). The van der Waals surface area contributed by atoms with Crippen molar-refractivity contribution in [2.24, 2.45) is 4.99 Å². The van der Waals surface area contributed by atoms with E-state index >= 15 is 0 Å². The molecule has 0 spiro atoms. The number of aromatic nitrogens is 5. The summed E-state index contributed by atoms with van der Waals surface area (Å²) in [4.78, 5) is 9.32. The fraction of sp³-hybridized carbons (Fsp3) is 0.455. The number of fused-ring (bicyclic) bond motifs is 1. The monoisotopic (exact) mass is 422 g/mol. The van der Waals surface area contributed by atoms with Gasteiger partial charge in [0.15, 0.2) is 11.8 Å². The Labute approximate surface area is 182 Å². The summed E-state index contributed by atoms with van der Waals surface area (Å²) in [6.45, 7) is 4.86. The first-order valence-electron chi connectivity index (χ1n) is 10.8. The van der Waals surface area contributed by atoms with Crippen molar-refractivity contribution in [3.8, 4) is 5.69 Å². The Morgan fingerprint density at radius 2 is 2.16 bits per heavy atom. The van der Waals surface area contributed by atoms with Crippen LogP contribution in [0.2, 0.25) is 0 Å². The van der Waals surface area contributed by atoms with Crippen LogP contribution in [0.1, 0.15) is 30.6 Å². The van der Waals surface area contributed by atoms with Crippen molar-refractivity contribution in [2.75, 3.05) is 20.2 Å². The third-order valence-electron chi connectivity index (χ3n) is 5.24. The van der Waals surface area contributed by atoms with Crippen molar-refractivity contribution in [3.63, 3.8) is 0 Å². The first kappa shape index (κ1) is 21.0. The van der Waals surface area contributed by atoms with Crippen LogP contribution in [0.5, 0.6) is 0 Å². The molecule has 0 saturated carbocycles. The summed E-state index contributed by atoms with van der Waals surface area (Å²) < 4.78 is 8.99. The molecule has 1 unspecified atom stereocenters. The van der Waals surface area contributed by atoms with Gasteiger partial charge in [-0.3, -0.25) is 4.99 Å². The van der Waals surface area contributed by atoms with Gasteiger partial charge < -0.3 is 15.4 Å². The van der Waals surface area contributed by atoms with E-state index in [-0.39, 0.29) is 6.04 Å². The predicted molar refractivity (Wildman–Crippen MR) is 119 cm³/mol. The lowest BCUT2D eigenvalue weighted by Crippen LogP contribution is -2.47. The molecule has 0 aliphatic carbocycles. The van der Waals surface area contributed by atoms with Gasteiger partial charge in [-0.2, -0.15) is 10.2 Å². The summed E-state index contributed by atoms with van der Waals surface area (Å²) in [7, 11) is 1.66. The highest BCUT2D eigenvalue weighted by molar-refractivity contribution is 5.80. The number of guanidine groups is 1. The second-order valence-electron chi connectivity index (χ2n) is 7.57. The van der Waals surface area contributed by atoms with Crippen molar-refractivity contribution in [1.29, 1.82) is 0 Å². The summed E-state index contributed by atoms with van der Waals surface area (Å²) in [5, 5.41) is 15.7. The van der Waals surface area contributed by atoms with Crippen LogP contribution in [-0.2, 0) is 30.7 Å². The predicted octanol–water partition coefficient (Wildman–Crippen LogP) is 1.72. The van der Waals surface area contributed by atoms with Crippen LogP contribution < -0.4 is 10.6 Å². The summed E-state index contributed by atoms with van der Waals surface area (Å²) in [5.41, 5.74) is 2.32. The van der Waals surface area contributed by atoms with Crippen LogP contribution in [0.4, 0.5) is 0 Å². The number of nitrogens with zero attached hydrogens (tertiary/aromatic N) is 6. The van der Waals surface area contributed by atoms with E-state index in [0.717, 1.165) is 62.2 Å². The van der Waals surface area contributed by atoms with Crippen molar-refractivity contribution >= 4 is 5.96 Å². The highest BCUT2D eigenvalue weighted by Gasteiger charge is 2.22. The first-order valence-corrected chi connectivity index (χ1v) is 10.8. The Bertz CT molecular complexity index is 978. The maximum absolute atomic E-state index is 5.15. The zero-order valence-corrected chi connectivity index (χ0v) is 18.2. The molecule has 31 heavy (non-hydrogen) atoms. The SMILES string of the molecule is CCNC(=NCCc1ccc(-n2cccn2)cc1)NC1CCc2nc(COC)nn2C1. The number of rotatable bonds is 8. The molecule has 1 aliphatic rings. The Kier molecular flexibility index (Phi) is 6.93. The maximum Gasteiger partial charge on any atom is 0.191 e. The van der Waals surface area contributed by atoms with Crippen molar-refractivity contribution in [2.45, 2.75) is 45.4 Å². The van der Waals surface area contributed by atoms with Crippen LogP contribution in [0.3, 0.4) is 0 Å². The van der Waals surface area contributed by atoms with Gasteiger partial charge in [-0.15, -0.1) is 0 Å².